The van der Waals surface area contributed by atoms with Crippen LogP contribution in [0.25, 0.3) is 0 Å². The molecule has 5 nitrogen and oxygen atoms in total. The van der Waals surface area contributed by atoms with Gasteiger partial charge in [-0.1, -0.05) is 30.3 Å². The lowest BCUT2D eigenvalue weighted by molar-refractivity contribution is -0.0836. The van der Waals surface area contributed by atoms with Crippen molar-refractivity contribution in [3.8, 4) is 0 Å². The third-order valence-electron chi connectivity index (χ3n) is 5.27. The molecule has 2 atom stereocenters. The van der Waals surface area contributed by atoms with Gasteiger partial charge in [0.25, 0.3) is 0 Å². The normalized spacial score (nSPS) is 24.6. The van der Waals surface area contributed by atoms with Crippen LogP contribution in [0, 0.1) is 0 Å². The molecular formula is C20H30N2O3. The lowest BCUT2D eigenvalue weighted by atomic mass is 9.91. The second-order valence-corrected chi connectivity index (χ2v) is 7.63. The molecular weight excluding hydrogens is 316 g/mol. The number of morpholine rings is 1. The molecule has 0 radical (unpaired) electrons. The van der Waals surface area contributed by atoms with Crippen molar-refractivity contribution in [1.82, 2.24) is 9.80 Å². The molecule has 0 aliphatic carbocycles. The number of ether oxygens (including phenoxy) is 2. The summed E-state index contributed by atoms with van der Waals surface area (Å²) in [6.45, 7) is 9.65. The molecule has 2 aliphatic rings. The summed E-state index contributed by atoms with van der Waals surface area (Å²) in [5.41, 5.74) is 0.983. The van der Waals surface area contributed by atoms with E-state index >= 15 is 0 Å². The van der Waals surface area contributed by atoms with Gasteiger partial charge in [0.2, 0.25) is 0 Å². The van der Waals surface area contributed by atoms with E-state index in [4.69, 9.17) is 9.47 Å². The van der Waals surface area contributed by atoms with E-state index in [1.54, 1.807) is 0 Å². The standard InChI is InChI=1S/C20H30N2O3/c1-16(17-7-5-4-6-8-17)22(18-9-12-25-20(2,3)15-18)19(23)21-10-13-24-14-11-21/h4-8,16,18H,9-15H2,1-3H3/t16-,18+/m0/s1. The molecule has 2 aliphatic heterocycles. The average molecular weight is 346 g/mol. The summed E-state index contributed by atoms with van der Waals surface area (Å²) in [6.07, 6.45) is 1.75. The smallest absolute Gasteiger partial charge is 0.320 e. The lowest BCUT2D eigenvalue weighted by Gasteiger charge is -2.45. The Morgan fingerprint density at radius 1 is 1.20 bits per heavy atom. The molecule has 0 bridgehead atoms. The largest absolute Gasteiger partial charge is 0.378 e. The van der Waals surface area contributed by atoms with E-state index in [0.717, 1.165) is 12.8 Å². The van der Waals surface area contributed by atoms with Crippen LogP contribution in [0.15, 0.2) is 30.3 Å². The van der Waals surface area contributed by atoms with Crippen LogP contribution >= 0.6 is 0 Å². The topological polar surface area (TPSA) is 42.0 Å². The molecule has 0 aromatic heterocycles. The van der Waals surface area contributed by atoms with Crippen LogP contribution in [0.2, 0.25) is 0 Å². The Hall–Kier alpha value is -1.59. The minimum absolute atomic E-state index is 0.0374. The zero-order valence-corrected chi connectivity index (χ0v) is 15.6. The van der Waals surface area contributed by atoms with Crippen molar-refractivity contribution in [1.29, 1.82) is 0 Å². The molecule has 1 aromatic carbocycles. The molecule has 2 amide bonds. The number of carbonyl (C=O) groups excluding carboxylic acids is 1. The Kier molecular flexibility index (Phi) is 5.64. The summed E-state index contributed by atoms with van der Waals surface area (Å²) in [4.78, 5) is 17.4. The van der Waals surface area contributed by atoms with Gasteiger partial charge in [-0.2, -0.15) is 0 Å². The van der Waals surface area contributed by atoms with Crippen LogP contribution in [0.1, 0.15) is 45.2 Å². The van der Waals surface area contributed by atoms with Gasteiger partial charge in [0.1, 0.15) is 0 Å². The Balaban J connectivity index is 1.86. The van der Waals surface area contributed by atoms with E-state index in [1.165, 1.54) is 5.56 Å². The molecule has 2 fully saturated rings. The summed E-state index contributed by atoms with van der Waals surface area (Å²) in [5, 5.41) is 0. The van der Waals surface area contributed by atoms with Crippen LogP contribution in [-0.2, 0) is 9.47 Å². The molecule has 0 spiro atoms. The lowest BCUT2D eigenvalue weighted by Crippen LogP contribution is -2.55. The van der Waals surface area contributed by atoms with Crippen molar-refractivity contribution in [2.75, 3.05) is 32.9 Å². The zero-order valence-electron chi connectivity index (χ0n) is 15.6. The Morgan fingerprint density at radius 3 is 2.52 bits per heavy atom. The summed E-state index contributed by atoms with van der Waals surface area (Å²) < 4.78 is 11.3. The zero-order chi connectivity index (χ0) is 17.9. The maximum absolute atomic E-state index is 13.4. The quantitative estimate of drug-likeness (QED) is 0.842. The molecule has 2 saturated heterocycles. The van der Waals surface area contributed by atoms with Crippen molar-refractivity contribution >= 4 is 6.03 Å². The summed E-state index contributed by atoms with van der Waals surface area (Å²) in [6, 6.07) is 10.7. The van der Waals surface area contributed by atoms with E-state index in [2.05, 4.69) is 37.8 Å². The molecule has 0 N–H and O–H groups in total. The molecule has 0 saturated carbocycles. The Labute approximate surface area is 150 Å². The van der Waals surface area contributed by atoms with Crippen molar-refractivity contribution < 1.29 is 14.3 Å². The predicted octanol–water partition coefficient (Wildman–Crippen LogP) is 3.46. The first-order valence-electron chi connectivity index (χ1n) is 9.32. The van der Waals surface area contributed by atoms with Gasteiger partial charge >= 0.3 is 6.03 Å². The van der Waals surface area contributed by atoms with E-state index in [-0.39, 0.29) is 23.7 Å². The third-order valence-corrected chi connectivity index (χ3v) is 5.27. The van der Waals surface area contributed by atoms with Crippen LogP contribution in [0.5, 0.6) is 0 Å². The first-order valence-corrected chi connectivity index (χ1v) is 9.32. The fourth-order valence-corrected chi connectivity index (χ4v) is 3.89. The minimum Gasteiger partial charge on any atom is -0.378 e. The second-order valence-electron chi connectivity index (χ2n) is 7.63. The predicted molar refractivity (Wildman–Crippen MR) is 97.5 cm³/mol. The van der Waals surface area contributed by atoms with E-state index in [0.29, 0.717) is 32.9 Å². The number of carbonyl (C=O) groups is 1. The van der Waals surface area contributed by atoms with Crippen LogP contribution in [-0.4, -0.2) is 60.4 Å². The van der Waals surface area contributed by atoms with Gasteiger partial charge in [-0.15, -0.1) is 0 Å². The molecule has 0 unspecified atom stereocenters. The highest BCUT2D eigenvalue weighted by Crippen LogP contribution is 2.33. The van der Waals surface area contributed by atoms with Crippen molar-refractivity contribution in [2.24, 2.45) is 0 Å². The first-order chi connectivity index (χ1) is 12.0. The number of urea groups is 1. The SMILES string of the molecule is C[C@@H](c1ccccc1)N(C(=O)N1CCOCC1)[C@@H]1CCOC(C)(C)C1. The number of hydrogen-bond acceptors (Lipinski definition) is 3. The van der Waals surface area contributed by atoms with E-state index in [1.807, 2.05) is 23.1 Å². The Bertz CT molecular complexity index is 570. The van der Waals surface area contributed by atoms with Crippen LogP contribution in [0.4, 0.5) is 4.79 Å². The van der Waals surface area contributed by atoms with E-state index in [9.17, 15) is 4.79 Å². The highest BCUT2D eigenvalue weighted by atomic mass is 16.5. The van der Waals surface area contributed by atoms with Crippen LogP contribution < -0.4 is 0 Å². The number of benzene rings is 1. The monoisotopic (exact) mass is 346 g/mol. The molecule has 3 rings (SSSR count). The van der Waals surface area contributed by atoms with Gasteiger partial charge in [0.05, 0.1) is 24.9 Å². The van der Waals surface area contributed by atoms with Crippen LogP contribution in [0.3, 0.4) is 0 Å². The molecule has 25 heavy (non-hydrogen) atoms. The maximum atomic E-state index is 13.4. The minimum atomic E-state index is -0.192. The van der Waals surface area contributed by atoms with Gasteiger partial charge in [-0.3, -0.25) is 0 Å². The molecule has 2 heterocycles. The van der Waals surface area contributed by atoms with Gasteiger partial charge in [0, 0.05) is 25.7 Å². The van der Waals surface area contributed by atoms with Gasteiger partial charge in [0.15, 0.2) is 0 Å². The molecule has 138 valence electrons. The first kappa shape index (κ1) is 18.2. The average Bonchev–Trinajstić information content (AvgIpc) is 2.62. The summed E-state index contributed by atoms with van der Waals surface area (Å²) in [7, 11) is 0. The van der Waals surface area contributed by atoms with Crippen molar-refractivity contribution in [2.45, 2.75) is 51.3 Å². The Morgan fingerprint density at radius 2 is 1.88 bits per heavy atom. The molecule has 1 aromatic rings. The van der Waals surface area contributed by atoms with E-state index < -0.39 is 0 Å². The number of amides is 2. The highest BCUT2D eigenvalue weighted by molar-refractivity contribution is 5.75. The maximum Gasteiger partial charge on any atom is 0.320 e. The highest BCUT2D eigenvalue weighted by Gasteiger charge is 2.38. The summed E-state index contributed by atoms with van der Waals surface area (Å²) in [5.74, 6) is 0. The fourth-order valence-electron chi connectivity index (χ4n) is 3.89. The fraction of sp³-hybridized carbons (Fsp3) is 0.650. The van der Waals surface area contributed by atoms with Crippen molar-refractivity contribution in [3.05, 3.63) is 35.9 Å². The molecule has 5 heteroatoms. The van der Waals surface area contributed by atoms with Crippen molar-refractivity contribution in [3.63, 3.8) is 0 Å². The van der Waals surface area contributed by atoms with Gasteiger partial charge < -0.3 is 19.3 Å². The third kappa shape index (κ3) is 4.33. The number of hydrogen-bond donors (Lipinski definition) is 0. The summed E-state index contributed by atoms with van der Waals surface area (Å²) >= 11 is 0. The number of nitrogens with zero attached hydrogens (tertiary/aromatic N) is 2. The number of rotatable bonds is 3. The van der Waals surface area contributed by atoms with Gasteiger partial charge in [-0.05, 0) is 39.2 Å². The second kappa shape index (κ2) is 7.75. The van der Waals surface area contributed by atoms with Gasteiger partial charge in [-0.25, -0.2) is 4.79 Å².